The van der Waals surface area contributed by atoms with Crippen LogP contribution in [0.2, 0.25) is 0 Å². The van der Waals surface area contributed by atoms with Crippen LogP contribution in [0.4, 0.5) is 0 Å². The smallest absolute Gasteiger partial charge is 0.238 e. The zero-order valence-corrected chi connectivity index (χ0v) is 10.2. The van der Waals surface area contributed by atoms with E-state index in [1.54, 1.807) is 12.3 Å². The molecule has 0 aromatic carbocycles. The maximum absolute atomic E-state index is 5.39. The van der Waals surface area contributed by atoms with E-state index in [9.17, 15) is 0 Å². The third kappa shape index (κ3) is 1.68. The Morgan fingerprint density at radius 2 is 2.37 bits per heavy atom. The summed E-state index contributed by atoms with van der Waals surface area (Å²) in [6.45, 7) is 0. The van der Waals surface area contributed by atoms with E-state index in [1.807, 2.05) is 12.3 Å². The highest BCUT2D eigenvalue weighted by atomic mass is 16.5. The number of hydrogen-bond acceptors (Lipinski definition) is 5. The van der Waals surface area contributed by atoms with E-state index in [0.717, 1.165) is 19.3 Å². The molecule has 3 heterocycles. The van der Waals surface area contributed by atoms with Gasteiger partial charge in [-0.2, -0.15) is 10.1 Å². The first kappa shape index (κ1) is 10.5. The summed E-state index contributed by atoms with van der Waals surface area (Å²) < 4.78 is 10.7. The van der Waals surface area contributed by atoms with Crippen molar-refractivity contribution in [3.05, 3.63) is 41.7 Å². The van der Waals surface area contributed by atoms with Crippen molar-refractivity contribution in [3.8, 4) is 11.6 Å². The number of aromatic nitrogens is 4. The summed E-state index contributed by atoms with van der Waals surface area (Å²) in [5.41, 5.74) is 2.34. The van der Waals surface area contributed by atoms with E-state index < -0.39 is 0 Å². The van der Waals surface area contributed by atoms with Crippen LogP contribution in [0, 0.1) is 0 Å². The normalized spacial score (nSPS) is 18.4. The molecule has 1 unspecified atom stereocenters. The average Bonchev–Trinajstić information content (AvgIpc) is 3.18. The van der Waals surface area contributed by atoms with Crippen LogP contribution in [0.25, 0.3) is 11.6 Å². The van der Waals surface area contributed by atoms with Crippen LogP contribution in [-0.4, -0.2) is 20.3 Å². The SMILES string of the molecule is c1coc(-c2noc(C3CCCc4[nH]ncc43)n2)c1. The summed E-state index contributed by atoms with van der Waals surface area (Å²) in [6.07, 6.45) is 6.59. The quantitative estimate of drug-likeness (QED) is 0.762. The minimum atomic E-state index is 0.138. The molecular weight excluding hydrogens is 244 g/mol. The lowest BCUT2D eigenvalue weighted by Crippen LogP contribution is -2.10. The zero-order chi connectivity index (χ0) is 12.7. The minimum Gasteiger partial charge on any atom is -0.461 e. The monoisotopic (exact) mass is 256 g/mol. The third-order valence-electron chi connectivity index (χ3n) is 3.53. The van der Waals surface area contributed by atoms with Gasteiger partial charge in [0.1, 0.15) is 0 Å². The van der Waals surface area contributed by atoms with Gasteiger partial charge in [-0.25, -0.2) is 0 Å². The highest BCUT2D eigenvalue weighted by Crippen LogP contribution is 2.35. The van der Waals surface area contributed by atoms with Crippen molar-refractivity contribution in [1.29, 1.82) is 0 Å². The van der Waals surface area contributed by atoms with Crippen molar-refractivity contribution in [1.82, 2.24) is 20.3 Å². The summed E-state index contributed by atoms with van der Waals surface area (Å²) in [7, 11) is 0. The lowest BCUT2D eigenvalue weighted by Gasteiger charge is -2.17. The standard InChI is InChI=1S/C13H12N4O2/c1-3-8(9-7-14-16-10(9)4-1)13-15-12(17-19-13)11-5-2-6-18-11/h2,5-8H,1,3-4H2,(H,14,16). The summed E-state index contributed by atoms with van der Waals surface area (Å²) in [4.78, 5) is 4.44. The van der Waals surface area contributed by atoms with Gasteiger partial charge in [0, 0.05) is 11.3 Å². The average molecular weight is 256 g/mol. The number of rotatable bonds is 2. The molecule has 0 spiro atoms. The van der Waals surface area contributed by atoms with Gasteiger partial charge in [-0.3, -0.25) is 5.10 Å². The molecule has 3 aromatic rings. The lowest BCUT2D eigenvalue weighted by atomic mass is 9.87. The highest BCUT2D eigenvalue weighted by Gasteiger charge is 2.28. The van der Waals surface area contributed by atoms with Crippen molar-refractivity contribution in [2.24, 2.45) is 0 Å². The number of nitrogens with one attached hydrogen (secondary N) is 1. The van der Waals surface area contributed by atoms with Crippen molar-refractivity contribution in [2.75, 3.05) is 0 Å². The minimum absolute atomic E-state index is 0.138. The molecule has 6 heteroatoms. The van der Waals surface area contributed by atoms with Gasteiger partial charge >= 0.3 is 0 Å². The van der Waals surface area contributed by atoms with Crippen LogP contribution < -0.4 is 0 Å². The van der Waals surface area contributed by atoms with Crippen LogP contribution in [0.15, 0.2) is 33.5 Å². The first-order valence-electron chi connectivity index (χ1n) is 6.31. The van der Waals surface area contributed by atoms with Crippen LogP contribution in [-0.2, 0) is 6.42 Å². The second-order valence-corrected chi connectivity index (χ2v) is 4.68. The molecule has 3 aromatic heterocycles. The predicted octanol–water partition coefficient (Wildman–Crippen LogP) is 2.52. The Balaban J connectivity index is 1.71. The largest absolute Gasteiger partial charge is 0.461 e. The number of aryl methyl sites for hydroxylation is 1. The van der Waals surface area contributed by atoms with Gasteiger partial charge in [-0.1, -0.05) is 5.16 Å². The van der Waals surface area contributed by atoms with Crippen molar-refractivity contribution in [2.45, 2.75) is 25.2 Å². The van der Waals surface area contributed by atoms with Crippen LogP contribution in [0.1, 0.15) is 35.9 Å². The predicted molar refractivity (Wildman–Crippen MR) is 65.4 cm³/mol. The molecule has 1 aliphatic rings. The molecule has 0 saturated heterocycles. The first-order chi connectivity index (χ1) is 9.42. The van der Waals surface area contributed by atoms with Gasteiger partial charge in [0.05, 0.1) is 18.4 Å². The van der Waals surface area contributed by atoms with Crippen molar-refractivity contribution in [3.63, 3.8) is 0 Å². The number of furan rings is 1. The molecule has 96 valence electrons. The molecule has 0 fully saturated rings. The number of hydrogen-bond donors (Lipinski definition) is 1. The molecule has 0 bridgehead atoms. The van der Waals surface area contributed by atoms with Crippen molar-refractivity contribution < 1.29 is 8.94 Å². The molecule has 6 nitrogen and oxygen atoms in total. The van der Waals surface area contributed by atoms with E-state index in [4.69, 9.17) is 8.94 Å². The molecular formula is C13H12N4O2. The Hall–Kier alpha value is -2.37. The van der Waals surface area contributed by atoms with E-state index in [0.29, 0.717) is 17.5 Å². The summed E-state index contributed by atoms with van der Waals surface area (Å²) in [5, 5.41) is 11.1. The molecule has 1 N–H and O–H groups in total. The zero-order valence-electron chi connectivity index (χ0n) is 10.2. The molecule has 0 saturated carbocycles. The van der Waals surface area contributed by atoms with Gasteiger partial charge in [0.25, 0.3) is 0 Å². The molecule has 0 amide bonds. The Morgan fingerprint density at radius 3 is 3.26 bits per heavy atom. The molecule has 4 rings (SSSR count). The van der Waals surface area contributed by atoms with Gasteiger partial charge in [0.2, 0.25) is 11.7 Å². The number of H-pyrrole nitrogens is 1. The molecule has 19 heavy (non-hydrogen) atoms. The topological polar surface area (TPSA) is 80.7 Å². The number of nitrogens with zero attached hydrogens (tertiary/aromatic N) is 3. The maximum Gasteiger partial charge on any atom is 0.238 e. The Labute approximate surface area is 108 Å². The summed E-state index contributed by atoms with van der Waals surface area (Å²) >= 11 is 0. The van der Waals surface area contributed by atoms with E-state index in [1.165, 1.54) is 11.3 Å². The fraction of sp³-hybridized carbons (Fsp3) is 0.308. The Morgan fingerprint density at radius 1 is 1.37 bits per heavy atom. The molecule has 1 atom stereocenters. The first-order valence-corrected chi connectivity index (χ1v) is 6.31. The Kier molecular flexibility index (Phi) is 2.26. The highest BCUT2D eigenvalue weighted by molar-refractivity contribution is 5.45. The number of fused-ring (bicyclic) bond motifs is 1. The van der Waals surface area contributed by atoms with Crippen LogP contribution in [0.5, 0.6) is 0 Å². The van der Waals surface area contributed by atoms with Gasteiger partial charge in [0.15, 0.2) is 5.76 Å². The van der Waals surface area contributed by atoms with Crippen molar-refractivity contribution >= 4 is 0 Å². The van der Waals surface area contributed by atoms with Gasteiger partial charge in [-0.15, -0.1) is 0 Å². The molecule has 0 aliphatic heterocycles. The van der Waals surface area contributed by atoms with Gasteiger partial charge < -0.3 is 8.94 Å². The third-order valence-corrected chi connectivity index (χ3v) is 3.53. The summed E-state index contributed by atoms with van der Waals surface area (Å²) in [6, 6.07) is 3.62. The second-order valence-electron chi connectivity index (χ2n) is 4.68. The maximum atomic E-state index is 5.39. The van der Waals surface area contributed by atoms with E-state index in [2.05, 4.69) is 20.3 Å². The summed E-state index contributed by atoms with van der Waals surface area (Å²) in [5.74, 6) is 1.89. The van der Waals surface area contributed by atoms with E-state index in [-0.39, 0.29) is 5.92 Å². The fourth-order valence-corrected chi connectivity index (χ4v) is 2.60. The second kappa shape index (κ2) is 4.08. The van der Waals surface area contributed by atoms with Crippen LogP contribution >= 0.6 is 0 Å². The lowest BCUT2D eigenvalue weighted by molar-refractivity contribution is 0.353. The molecule has 0 radical (unpaired) electrons. The van der Waals surface area contributed by atoms with Crippen LogP contribution in [0.3, 0.4) is 0 Å². The number of aromatic amines is 1. The Bertz CT molecular complexity index is 683. The molecule has 1 aliphatic carbocycles. The van der Waals surface area contributed by atoms with Gasteiger partial charge in [-0.05, 0) is 31.4 Å². The van der Waals surface area contributed by atoms with E-state index >= 15 is 0 Å². The fourth-order valence-electron chi connectivity index (χ4n) is 2.60.